The highest BCUT2D eigenvalue weighted by Crippen LogP contribution is 2.14. The van der Waals surface area contributed by atoms with Crippen molar-refractivity contribution in [3.8, 4) is 0 Å². The smallest absolute Gasteiger partial charge is 0.103 e. The van der Waals surface area contributed by atoms with Gasteiger partial charge in [0.15, 0.2) is 0 Å². The summed E-state index contributed by atoms with van der Waals surface area (Å²) in [6.07, 6.45) is 8.12. The van der Waals surface area contributed by atoms with Gasteiger partial charge >= 0.3 is 0 Å². The van der Waals surface area contributed by atoms with E-state index in [2.05, 4.69) is 22.2 Å². The van der Waals surface area contributed by atoms with E-state index in [9.17, 15) is 0 Å². The number of aliphatic imine (C=N–C) groups is 1. The molecule has 0 radical (unpaired) electrons. The van der Waals surface area contributed by atoms with E-state index in [1.165, 1.54) is 31.6 Å². The van der Waals surface area contributed by atoms with E-state index in [-0.39, 0.29) is 0 Å². The number of hydrogen-bond acceptors (Lipinski definition) is 2. The van der Waals surface area contributed by atoms with Gasteiger partial charge in [0.2, 0.25) is 0 Å². The number of amidine groups is 1. The van der Waals surface area contributed by atoms with Crippen LogP contribution in [0.15, 0.2) is 17.3 Å². The average molecular weight is 136 g/mol. The van der Waals surface area contributed by atoms with Crippen molar-refractivity contribution >= 4 is 5.84 Å². The Kier molecular flexibility index (Phi) is 1.46. The van der Waals surface area contributed by atoms with E-state index < -0.39 is 0 Å². The van der Waals surface area contributed by atoms with Gasteiger partial charge in [0.05, 0.1) is 6.54 Å². The second-order valence-electron chi connectivity index (χ2n) is 2.79. The first-order valence-corrected chi connectivity index (χ1v) is 3.93. The molecule has 0 aromatic heterocycles. The summed E-state index contributed by atoms with van der Waals surface area (Å²) < 4.78 is 0. The van der Waals surface area contributed by atoms with E-state index in [1.807, 2.05) is 0 Å². The molecule has 0 aromatic rings. The van der Waals surface area contributed by atoms with E-state index in [1.54, 1.807) is 0 Å². The van der Waals surface area contributed by atoms with Crippen molar-refractivity contribution in [2.24, 2.45) is 4.99 Å². The second-order valence-corrected chi connectivity index (χ2v) is 2.79. The fourth-order valence-electron chi connectivity index (χ4n) is 1.50. The Morgan fingerprint density at radius 3 is 3.30 bits per heavy atom. The predicted octanol–water partition coefficient (Wildman–Crippen LogP) is 1.40. The van der Waals surface area contributed by atoms with Crippen molar-refractivity contribution in [2.75, 3.05) is 13.1 Å². The highest BCUT2D eigenvalue weighted by Gasteiger charge is 2.14. The van der Waals surface area contributed by atoms with Crippen LogP contribution >= 0.6 is 0 Å². The van der Waals surface area contributed by atoms with Crippen molar-refractivity contribution in [3.63, 3.8) is 0 Å². The molecule has 0 amide bonds. The minimum atomic E-state index is 0.895. The molecule has 0 saturated carbocycles. The molecule has 54 valence electrons. The van der Waals surface area contributed by atoms with E-state index >= 15 is 0 Å². The summed E-state index contributed by atoms with van der Waals surface area (Å²) in [5.41, 5.74) is 0. The van der Waals surface area contributed by atoms with Gasteiger partial charge in [0, 0.05) is 19.2 Å². The summed E-state index contributed by atoms with van der Waals surface area (Å²) in [4.78, 5) is 6.68. The summed E-state index contributed by atoms with van der Waals surface area (Å²) >= 11 is 0. The molecule has 2 nitrogen and oxygen atoms in total. The minimum Gasteiger partial charge on any atom is -0.337 e. The van der Waals surface area contributed by atoms with Gasteiger partial charge in [0.1, 0.15) is 5.84 Å². The largest absolute Gasteiger partial charge is 0.337 e. The summed E-state index contributed by atoms with van der Waals surface area (Å²) in [6, 6.07) is 0. The summed E-state index contributed by atoms with van der Waals surface area (Å²) in [6.45, 7) is 2.07. The molecule has 1 fully saturated rings. The predicted molar refractivity (Wildman–Crippen MR) is 42.0 cm³/mol. The molecule has 0 unspecified atom stereocenters. The summed E-state index contributed by atoms with van der Waals surface area (Å²) in [5.74, 6) is 1.30. The van der Waals surface area contributed by atoms with Crippen LogP contribution in [0.25, 0.3) is 0 Å². The molecule has 0 N–H and O–H groups in total. The zero-order chi connectivity index (χ0) is 6.81. The first-order valence-electron chi connectivity index (χ1n) is 3.93. The standard InChI is InChI=1S/C8H12N2/c1-2-6-10-7-3-5-9-8(10)4-1/h3,7H,1-2,4-6H2. The van der Waals surface area contributed by atoms with Crippen LogP contribution in [0.3, 0.4) is 0 Å². The van der Waals surface area contributed by atoms with Crippen LogP contribution in [-0.2, 0) is 0 Å². The maximum absolute atomic E-state index is 4.41. The second kappa shape index (κ2) is 2.45. The molecule has 0 aromatic carbocycles. The molecule has 10 heavy (non-hydrogen) atoms. The Balaban J connectivity index is 2.13. The van der Waals surface area contributed by atoms with Gasteiger partial charge < -0.3 is 4.90 Å². The lowest BCUT2D eigenvalue weighted by molar-refractivity contribution is 0.463. The lowest BCUT2D eigenvalue weighted by Gasteiger charge is -2.28. The normalized spacial score (nSPS) is 24.0. The van der Waals surface area contributed by atoms with Crippen LogP contribution in [0.1, 0.15) is 19.3 Å². The SMILES string of the molecule is C1=CN2CCCCC2=NC1. The third-order valence-corrected chi connectivity index (χ3v) is 2.05. The fraction of sp³-hybridized carbons (Fsp3) is 0.625. The van der Waals surface area contributed by atoms with Crippen LogP contribution in [0.2, 0.25) is 0 Å². The van der Waals surface area contributed by atoms with Gasteiger partial charge in [-0.15, -0.1) is 0 Å². The highest BCUT2D eigenvalue weighted by atomic mass is 15.2. The molecule has 2 aliphatic heterocycles. The van der Waals surface area contributed by atoms with E-state index in [0.717, 1.165) is 6.54 Å². The number of piperidine rings is 1. The van der Waals surface area contributed by atoms with Crippen LogP contribution in [-0.4, -0.2) is 23.8 Å². The van der Waals surface area contributed by atoms with Crippen molar-refractivity contribution in [1.29, 1.82) is 0 Å². The Morgan fingerprint density at radius 1 is 1.40 bits per heavy atom. The highest BCUT2D eigenvalue weighted by molar-refractivity contribution is 5.84. The Morgan fingerprint density at radius 2 is 2.40 bits per heavy atom. The number of fused-ring (bicyclic) bond motifs is 1. The van der Waals surface area contributed by atoms with Crippen molar-refractivity contribution in [3.05, 3.63) is 12.3 Å². The van der Waals surface area contributed by atoms with Crippen molar-refractivity contribution in [2.45, 2.75) is 19.3 Å². The molecule has 1 saturated heterocycles. The van der Waals surface area contributed by atoms with Crippen LogP contribution in [0.4, 0.5) is 0 Å². The molecule has 0 aliphatic carbocycles. The first-order chi connectivity index (χ1) is 4.97. The third kappa shape index (κ3) is 0.939. The first kappa shape index (κ1) is 5.96. The van der Waals surface area contributed by atoms with Crippen molar-refractivity contribution < 1.29 is 0 Å². The topological polar surface area (TPSA) is 15.6 Å². The number of nitrogens with zero attached hydrogens (tertiary/aromatic N) is 2. The quantitative estimate of drug-likeness (QED) is 0.491. The van der Waals surface area contributed by atoms with Gasteiger partial charge in [-0.1, -0.05) is 0 Å². The van der Waals surface area contributed by atoms with Crippen LogP contribution in [0.5, 0.6) is 0 Å². The Labute approximate surface area is 61.2 Å². The molecule has 2 aliphatic rings. The molecule has 2 heteroatoms. The lowest BCUT2D eigenvalue weighted by Crippen LogP contribution is -2.32. The van der Waals surface area contributed by atoms with Gasteiger partial charge in [-0.3, -0.25) is 4.99 Å². The van der Waals surface area contributed by atoms with Gasteiger partial charge in [-0.2, -0.15) is 0 Å². The average Bonchev–Trinajstić information content (AvgIpc) is 2.05. The number of rotatable bonds is 0. The van der Waals surface area contributed by atoms with Gasteiger partial charge in [-0.05, 0) is 18.9 Å². The van der Waals surface area contributed by atoms with Crippen molar-refractivity contribution in [1.82, 2.24) is 4.90 Å². The molecule has 2 heterocycles. The van der Waals surface area contributed by atoms with E-state index in [4.69, 9.17) is 0 Å². The van der Waals surface area contributed by atoms with Gasteiger partial charge in [0.25, 0.3) is 0 Å². The maximum atomic E-state index is 4.41. The minimum absolute atomic E-state index is 0.895. The third-order valence-electron chi connectivity index (χ3n) is 2.05. The van der Waals surface area contributed by atoms with Crippen LogP contribution < -0.4 is 0 Å². The Bertz CT molecular complexity index is 182. The zero-order valence-corrected chi connectivity index (χ0v) is 6.08. The Hall–Kier alpha value is -0.790. The molecule has 0 bridgehead atoms. The van der Waals surface area contributed by atoms with E-state index in [0.29, 0.717) is 0 Å². The summed E-state index contributed by atoms with van der Waals surface area (Å²) in [7, 11) is 0. The zero-order valence-electron chi connectivity index (χ0n) is 6.08. The molecule has 2 rings (SSSR count). The fourth-order valence-corrected chi connectivity index (χ4v) is 1.50. The maximum Gasteiger partial charge on any atom is 0.103 e. The van der Waals surface area contributed by atoms with Crippen LogP contribution in [0, 0.1) is 0 Å². The molecular weight excluding hydrogens is 124 g/mol. The molecule has 0 spiro atoms. The monoisotopic (exact) mass is 136 g/mol. The molecule has 0 atom stereocenters. The summed E-state index contributed by atoms with van der Waals surface area (Å²) in [5, 5.41) is 0. The molecular formula is C8H12N2. The number of hydrogen-bond donors (Lipinski definition) is 0. The van der Waals surface area contributed by atoms with Gasteiger partial charge in [-0.25, -0.2) is 0 Å². The lowest BCUT2D eigenvalue weighted by atomic mass is 10.1.